The minimum atomic E-state index is -1.07. The maximum absolute atomic E-state index is 12.2. The van der Waals surface area contributed by atoms with Crippen molar-refractivity contribution in [2.75, 3.05) is 0 Å². The van der Waals surface area contributed by atoms with Crippen LogP contribution >= 0.6 is 22.9 Å². The van der Waals surface area contributed by atoms with Gasteiger partial charge in [0.1, 0.15) is 0 Å². The van der Waals surface area contributed by atoms with Crippen molar-refractivity contribution >= 4 is 47.6 Å². The molecule has 1 aliphatic heterocycles. The highest BCUT2D eigenvalue weighted by molar-refractivity contribution is 7.12. The molecule has 4 nitrogen and oxygen atoms in total. The lowest BCUT2D eigenvalue weighted by molar-refractivity contribution is 0.0850. The van der Waals surface area contributed by atoms with Gasteiger partial charge >= 0.3 is 7.05 Å². The average Bonchev–Trinajstić information content (AvgIpc) is 2.85. The molecule has 0 aliphatic carbocycles. The highest BCUT2D eigenvalue weighted by Crippen LogP contribution is 2.21. The highest BCUT2D eigenvalue weighted by atomic mass is 35.5. The largest absolute Gasteiger partial charge is 0.474 e. The molecule has 0 radical (unpaired) electrons. The summed E-state index contributed by atoms with van der Waals surface area (Å²) in [5.41, 5.74) is 1.47. The number of rotatable bonds is 1. The summed E-state index contributed by atoms with van der Waals surface area (Å²) in [6.07, 6.45) is 1.56. The maximum Gasteiger partial charge on any atom is 0.474 e. The first-order chi connectivity index (χ1) is 9.16. The van der Waals surface area contributed by atoms with E-state index in [-0.39, 0.29) is 5.91 Å². The average molecular weight is 291 g/mol. The van der Waals surface area contributed by atoms with Crippen LogP contribution in [0.1, 0.15) is 15.2 Å². The van der Waals surface area contributed by atoms with Crippen LogP contribution in [0.5, 0.6) is 0 Å². The molecule has 1 aromatic carbocycles. The van der Waals surface area contributed by atoms with Gasteiger partial charge in [-0.05, 0) is 17.1 Å². The highest BCUT2D eigenvalue weighted by Gasteiger charge is 2.34. The van der Waals surface area contributed by atoms with Crippen molar-refractivity contribution in [1.82, 2.24) is 4.92 Å². The Balaban J connectivity index is 1.94. The number of hydrazone groups is 1. The van der Waals surface area contributed by atoms with Crippen molar-refractivity contribution in [3.05, 3.63) is 51.2 Å². The van der Waals surface area contributed by atoms with Gasteiger partial charge in [0.05, 0.1) is 16.1 Å². The van der Waals surface area contributed by atoms with Crippen molar-refractivity contribution in [3.63, 3.8) is 0 Å². The van der Waals surface area contributed by atoms with Gasteiger partial charge in [-0.15, -0.1) is 11.3 Å². The minimum absolute atomic E-state index is 0.366. The Morgan fingerprint density at radius 3 is 2.95 bits per heavy atom. The number of halogens is 1. The number of hydrogen-bond acceptors (Lipinski definition) is 4. The summed E-state index contributed by atoms with van der Waals surface area (Å²) in [5, 5.41) is 16.4. The molecule has 0 saturated carbocycles. The number of carbonyl (C=O) groups excluding carboxylic acids is 1. The zero-order valence-electron chi connectivity index (χ0n) is 9.65. The predicted molar refractivity (Wildman–Crippen MR) is 77.1 cm³/mol. The van der Waals surface area contributed by atoms with E-state index in [1.807, 2.05) is 18.2 Å². The number of benzene rings is 1. The van der Waals surface area contributed by atoms with Crippen molar-refractivity contribution in [2.24, 2.45) is 5.10 Å². The van der Waals surface area contributed by atoms with E-state index in [9.17, 15) is 9.82 Å². The molecule has 3 rings (SSSR count). The Morgan fingerprint density at radius 1 is 1.42 bits per heavy atom. The smallest absolute Gasteiger partial charge is 0.427 e. The van der Waals surface area contributed by atoms with Crippen LogP contribution in [0.15, 0.2) is 40.8 Å². The van der Waals surface area contributed by atoms with Gasteiger partial charge in [-0.1, -0.05) is 35.9 Å². The third-order valence-electron chi connectivity index (χ3n) is 2.81. The molecule has 0 bridgehead atoms. The molecule has 1 amide bonds. The van der Waals surface area contributed by atoms with Crippen LogP contribution in [0.3, 0.4) is 0 Å². The molecule has 2 aromatic rings. The van der Waals surface area contributed by atoms with Crippen molar-refractivity contribution < 1.29 is 9.82 Å². The number of carbonyl (C=O) groups is 1. The Kier molecular flexibility index (Phi) is 3.14. The zero-order valence-corrected chi connectivity index (χ0v) is 11.2. The summed E-state index contributed by atoms with van der Waals surface area (Å²) >= 11 is 7.03. The zero-order chi connectivity index (χ0) is 13.4. The standard InChI is InChI=1S/C12H8BClN2O2S/c14-9-5-11(19-7-9)12(17)16-13(18)10-4-2-1-3-8(10)6-15-16/h1-7,18H. The second-order valence-corrected chi connectivity index (χ2v) is 5.37. The van der Waals surface area contributed by atoms with Crippen LogP contribution in [0.25, 0.3) is 0 Å². The molecule has 0 spiro atoms. The van der Waals surface area contributed by atoms with E-state index in [1.54, 1.807) is 23.7 Å². The Morgan fingerprint density at radius 2 is 2.21 bits per heavy atom. The number of amides is 1. The lowest BCUT2D eigenvalue weighted by atomic mass is 9.70. The van der Waals surface area contributed by atoms with E-state index in [2.05, 4.69) is 5.10 Å². The van der Waals surface area contributed by atoms with Gasteiger partial charge in [-0.3, -0.25) is 4.79 Å². The summed E-state index contributed by atoms with van der Waals surface area (Å²) in [4.78, 5) is 13.7. The molecule has 94 valence electrons. The SMILES string of the molecule is O=C(c1cc(Cl)cs1)N1N=Cc2ccccc2B1O. The summed E-state index contributed by atoms with van der Waals surface area (Å²) in [7, 11) is -1.07. The lowest BCUT2D eigenvalue weighted by Crippen LogP contribution is -2.52. The quantitative estimate of drug-likeness (QED) is 0.811. The van der Waals surface area contributed by atoms with Gasteiger partial charge in [0.15, 0.2) is 0 Å². The fourth-order valence-electron chi connectivity index (χ4n) is 1.88. The van der Waals surface area contributed by atoms with Crippen LogP contribution in [0, 0.1) is 0 Å². The third-order valence-corrected chi connectivity index (χ3v) is 4.08. The van der Waals surface area contributed by atoms with E-state index in [1.165, 1.54) is 11.3 Å². The monoisotopic (exact) mass is 290 g/mol. The maximum atomic E-state index is 12.2. The van der Waals surface area contributed by atoms with E-state index >= 15 is 0 Å². The normalized spacial score (nSPS) is 13.6. The molecule has 0 saturated heterocycles. The van der Waals surface area contributed by atoms with Crippen molar-refractivity contribution in [2.45, 2.75) is 0 Å². The van der Waals surface area contributed by atoms with Crippen LogP contribution in [-0.2, 0) is 0 Å². The second-order valence-electron chi connectivity index (χ2n) is 4.03. The number of fused-ring (bicyclic) bond motifs is 1. The third kappa shape index (κ3) is 2.18. The number of thiophene rings is 1. The first-order valence-corrected chi connectivity index (χ1v) is 6.81. The Labute approximate surface area is 119 Å². The molecule has 2 heterocycles. The van der Waals surface area contributed by atoms with Gasteiger partial charge in [0, 0.05) is 5.38 Å². The van der Waals surface area contributed by atoms with Crippen LogP contribution < -0.4 is 5.46 Å². The summed E-state index contributed by atoms with van der Waals surface area (Å²) in [5.74, 6) is -0.366. The van der Waals surface area contributed by atoms with Crippen molar-refractivity contribution in [3.8, 4) is 0 Å². The first kappa shape index (κ1) is 12.4. The van der Waals surface area contributed by atoms with E-state index in [4.69, 9.17) is 11.6 Å². The first-order valence-electron chi connectivity index (χ1n) is 5.55. The lowest BCUT2D eigenvalue weighted by Gasteiger charge is -2.24. The van der Waals surface area contributed by atoms with E-state index < -0.39 is 7.05 Å². The molecule has 0 atom stereocenters. The predicted octanol–water partition coefficient (Wildman–Crippen LogP) is 1.58. The fraction of sp³-hybridized carbons (Fsp3) is 0. The second kappa shape index (κ2) is 4.81. The van der Waals surface area contributed by atoms with Gasteiger partial charge < -0.3 is 5.02 Å². The molecule has 1 aromatic heterocycles. The van der Waals surface area contributed by atoms with Gasteiger partial charge in [-0.2, -0.15) is 5.10 Å². The van der Waals surface area contributed by atoms with Gasteiger partial charge in [-0.25, -0.2) is 4.92 Å². The number of nitrogens with zero attached hydrogens (tertiary/aromatic N) is 2. The fourth-order valence-corrected chi connectivity index (χ4v) is 2.89. The number of hydrogen-bond donors (Lipinski definition) is 1. The van der Waals surface area contributed by atoms with Crippen molar-refractivity contribution in [1.29, 1.82) is 0 Å². The molecule has 19 heavy (non-hydrogen) atoms. The molecule has 0 unspecified atom stereocenters. The Bertz CT molecular complexity index is 673. The van der Waals surface area contributed by atoms with E-state index in [0.717, 1.165) is 10.5 Å². The van der Waals surface area contributed by atoms with Crippen LogP contribution in [-0.4, -0.2) is 29.1 Å². The Hall–Kier alpha value is -1.63. The summed E-state index contributed by atoms with van der Waals surface area (Å²) < 4.78 is 0. The molecular weight excluding hydrogens is 282 g/mol. The molecular formula is C12H8BClN2O2S. The molecule has 0 fully saturated rings. The minimum Gasteiger partial charge on any atom is -0.427 e. The summed E-state index contributed by atoms with van der Waals surface area (Å²) in [6.45, 7) is 0. The molecule has 7 heteroatoms. The van der Waals surface area contributed by atoms with Gasteiger partial charge in [0.25, 0.3) is 5.91 Å². The molecule has 1 aliphatic rings. The van der Waals surface area contributed by atoms with E-state index in [0.29, 0.717) is 15.4 Å². The van der Waals surface area contributed by atoms with Crippen LogP contribution in [0.4, 0.5) is 0 Å². The summed E-state index contributed by atoms with van der Waals surface area (Å²) in [6, 6.07) is 8.84. The molecule has 1 N–H and O–H groups in total. The van der Waals surface area contributed by atoms with Gasteiger partial charge in [0.2, 0.25) is 0 Å². The van der Waals surface area contributed by atoms with Crippen LogP contribution in [0.2, 0.25) is 5.02 Å². The topological polar surface area (TPSA) is 52.9 Å².